The Labute approximate surface area is 358 Å². The summed E-state index contributed by atoms with van der Waals surface area (Å²) in [6.45, 7) is 13.8. The van der Waals surface area contributed by atoms with Gasteiger partial charge in [-0.2, -0.15) is 0 Å². The van der Waals surface area contributed by atoms with Crippen LogP contribution in [0.2, 0.25) is 0 Å². The number of aliphatic hydroxyl groups is 3. The molecule has 2 aromatic carbocycles. The molecule has 61 heavy (non-hydrogen) atoms. The van der Waals surface area contributed by atoms with Crippen molar-refractivity contribution in [3.05, 3.63) is 95.1 Å². The maximum atomic E-state index is 14.4. The van der Waals surface area contributed by atoms with Crippen LogP contribution in [0.15, 0.2) is 84.6 Å². The van der Waals surface area contributed by atoms with Crippen molar-refractivity contribution >= 4 is 17.5 Å². The summed E-state index contributed by atoms with van der Waals surface area (Å²) in [4.78, 5) is 33.3. The zero-order valence-electron chi connectivity index (χ0n) is 35.7. The van der Waals surface area contributed by atoms with Crippen LogP contribution in [0.1, 0.15) is 83.6 Å². The molecule has 5 rings (SSSR count). The van der Waals surface area contributed by atoms with Crippen molar-refractivity contribution in [2.45, 2.75) is 95.5 Å². The van der Waals surface area contributed by atoms with Gasteiger partial charge in [-0.1, -0.05) is 42.3 Å². The molecule has 0 aromatic heterocycles. The van der Waals surface area contributed by atoms with Crippen LogP contribution in [0.4, 0.5) is 10.5 Å². The lowest BCUT2D eigenvalue weighted by Gasteiger charge is -2.59. The third-order valence-electron chi connectivity index (χ3n) is 11.2. The van der Waals surface area contributed by atoms with E-state index in [4.69, 9.17) is 33.7 Å². The number of nitro groups is 1. The molecular formula is C46H63N3O12. The summed E-state index contributed by atoms with van der Waals surface area (Å²) in [5, 5.41) is 45.8. The zero-order chi connectivity index (χ0) is 44.0. The maximum Gasteiger partial charge on any atom is 0.410 e. The second-order valence-electron chi connectivity index (χ2n) is 16.6. The number of hydrogen-bond donors (Lipinski definition) is 3. The van der Waals surface area contributed by atoms with E-state index in [-0.39, 0.29) is 82.7 Å². The van der Waals surface area contributed by atoms with Crippen molar-refractivity contribution in [3.63, 3.8) is 0 Å². The molecule has 1 amide bonds. The minimum Gasteiger partial charge on any atom is -0.459 e. The number of unbranched alkanes of at least 4 members (excludes halogenated alkanes) is 2. The van der Waals surface area contributed by atoms with Gasteiger partial charge in [0.2, 0.25) is 5.79 Å². The van der Waals surface area contributed by atoms with Crippen molar-refractivity contribution in [2.24, 2.45) is 22.9 Å². The topological polar surface area (TPSA) is 192 Å². The van der Waals surface area contributed by atoms with Gasteiger partial charge >= 0.3 is 6.09 Å². The Morgan fingerprint density at radius 2 is 1.75 bits per heavy atom. The first-order valence-corrected chi connectivity index (χ1v) is 21.3. The first kappa shape index (κ1) is 47.3. The van der Waals surface area contributed by atoms with E-state index >= 15 is 0 Å². The van der Waals surface area contributed by atoms with Gasteiger partial charge in [0.25, 0.3) is 5.69 Å². The van der Waals surface area contributed by atoms with E-state index in [1.165, 1.54) is 12.1 Å². The number of nitrogens with zero attached hydrogens (tertiary/aromatic N) is 3. The van der Waals surface area contributed by atoms with Crippen molar-refractivity contribution in [2.75, 3.05) is 52.8 Å². The van der Waals surface area contributed by atoms with Crippen molar-refractivity contribution in [1.29, 1.82) is 0 Å². The van der Waals surface area contributed by atoms with Gasteiger partial charge in [0, 0.05) is 43.7 Å². The second-order valence-corrected chi connectivity index (χ2v) is 16.6. The van der Waals surface area contributed by atoms with E-state index in [1.54, 1.807) is 41.3 Å². The van der Waals surface area contributed by atoms with Crippen LogP contribution >= 0.6 is 0 Å². The lowest BCUT2D eigenvalue weighted by atomic mass is 9.55. The van der Waals surface area contributed by atoms with Gasteiger partial charge in [-0.25, -0.2) is 4.79 Å². The third-order valence-corrected chi connectivity index (χ3v) is 11.2. The summed E-state index contributed by atoms with van der Waals surface area (Å²) in [6, 6.07) is 10.6. The Morgan fingerprint density at radius 1 is 1.00 bits per heavy atom. The highest BCUT2D eigenvalue weighted by Crippen LogP contribution is 2.62. The number of hydrogen-bond acceptors (Lipinski definition) is 13. The van der Waals surface area contributed by atoms with Gasteiger partial charge in [0.1, 0.15) is 28.9 Å². The first-order chi connectivity index (χ1) is 29.4. The number of carbonyl (C=O) groups is 1. The molecule has 2 aromatic rings. The number of non-ortho nitro benzene ring substituents is 1. The highest BCUT2D eigenvalue weighted by atomic mass is 16.7. The number of carbonyl (C=O) groups excluding carboxylic acids is 1. The Morgan fingerprint density at radius 3 is 2.44 bits per heavy atom. The number of ether oxygens (including phenoxy) is 5. The number of fused-ring (bicyclic) bond motifs is 2. The molecule has 0 unspecified atom stereocenters. The summed E-state index contributed by atoms with van der Waals surface area (Å²) in [5.74, 6) is -1.29. The maximum absolute atomic E-state index is 14.4. The van der Waals surface area contributed by atoms with Gasteiger partial charge in [-0.05, 0) is 94.5 Å². The van der Waals surface area contributed by atoms with Crippen molar-refractivity contribution < 1.29 is 53.6 Å². The van der Waals surface area contributed by atoms with E-state index in [0.29, 0.717) is 42.2 Å². The molecule has 1 saturated carbocycles. The summed E-state index contributed by atoms with van der Waals surface area (Å²) in [7, 11) is 0. The van der Waals surface area contributed by atoms with E-state index in [2.05, 4.69) is 19.2 Å². The van der Waals surface area contributed by atoms with E-state index in [0.717, 1.165) is 36.8 Å². The van der Waals surface area contributed by atoms with Gasteiger partial charge in [-0.15, -0.1) is 13.2 Å². The second kappa shape index (κ2) is 22.3. The molecule has 6 atom stereocenters. The van der Waals surface area contributed by atoms with E-state index in [9.17, 15) is 30.2 Å². The summed E-state index contributed by atoms with van der Waals surface area (Å²) in [6.07, 6.45) is 9.74. The first-order valence-electron chi connectivity index (χ1n) is 21.3. The molecule has 1 fully saturated rings. The Hall–Kier alpha value is -4.80. The fourth-order valence-electron chi connectivity index (χ4n) is 8.72. The fraction of sp³-hybridized carbons (Fsp3) is 0.565. The molecule has 2 aliphatic carbocycles. The average molecular weight is 850 g/mol. The van der Waals surface area contributed by atoms with Crippen LogP contribution in [-0.2, 0) is 19.0 Å². The number of rotatable bonds is 24. The van der Waals surface area contributed by atoms with Gasteiger partial charge in [-0.3, -0.25) is 15.0 Å². The number of benzene rings is 2. The largest absolute Gasteiger partial charge is 0.459 e. The average Bonchev–Trinajstić information content (AvgIpc) is 3.23. The van der Waals surface area contributed by atoms with Gasteiger partial charge in [0.05, 0.1) is 55.7 Å². The van der Waals surface area contributed by atoms with Crippen LogP contribution in [0.5, 0.6) is 17.2 Å². The summed E-state index contributed by atoms with van der Waals surface area (Å²) >= 11 is 0. The van der Waals surface area contributed by atoms with Crippen LogP contribution in [0.3, 0.4) is 0 Å². The molecule has 334 valence electrons. The molecule has 1 heterocycles. The Bertz CT molecular complexity index is 1860. The Balaban J connectivity index is 1.78. The SMILES string of the molecule is C=CCCOC(=O)N(CCOCCO)[C@H]1CC(=NOC(C)(C)C)C2=C[C@H](CCCCO)[C@@H](CCCCO)[C@@H]3c4cc(Oc5cccc([N+](=O)[O-])c5)ccc4O[C@@]1(OCC=C)[C@H]23. The van der Waals surface area contributed by atoms with Crippen LogP contribution in [0, 0.1) is 27.9 Å². The highest BCUT2D eigenvalue weighted by Gasteiger charge is 2.65. The quantitative estimate of drug-likeness (QED) is 0.0402. The lowest BCUT2D eigenvalue weighted by Crippen LogP contribution is -2.70. The predicted octanol–water partition coefficient (Wildman–Crippen LogP) is 7.84. The normalized spacial score (nSPS) is 23.5. The molecule has 0 saturated heterocycles. The lowest BCUT2D eigenvalue weighted by molar-refractivity contribution is -0.384. The molecular weight excluding hydrogens is 787 g/mol. The van der Waals surface area contributed by atoms with Crippen molar-refractivity contribution in [1.82, 2.24) is 4.90 Å². The van der Waals surface area contributed by atoms with Gasteiger partial charge in [0.15, 0.2) is 0 Å². The molecule has 3 N–H and O–H groups in total. The number of amides is 1. The molecule has 0 spiro atoms. The predicted molar refractivity (Wildman–Crippen MR) is 230 cm³/mol. The van der Waals surface area contributed by atoms with E-state index in [1.807, 2.05) is 26.8 Å². The van der Waals surface area contributed by atoms with Crippen molar-refractivity contribution in [3.8, 4) is 17.2 Å². The number of oxime groups is 1. The number of aliphatic hydroxyl groups excluding tert-OH is 3. The van der Waals surface area contributed by atoms with Crippen LogP contribution < -0.4 is 9.47 Å². The molecule has 0 bridgehead atoms. The summed E-state index contributed by atoms with van der Waals surface area (Å²) in [5.41, 5.74) is 1.53. The standard InChI is InChI=1S/C46H63N3O12/c1-6-8-25-57-44(53)48(20-26-56-27-23-52)41-31-39(47-61-45(3,4)5)37-28-32(14-9-11-21-50)36(17-10-12-22-51)42-38-30-35(59-34-16-13-15-33(29-34)49(54)55)18-19-40(38)60-46(41,43(37)42)58-24-7-2/h6-7,13,15-16,18-19,28-30,32,36,41-43,50-52H,1-2,8-12,14,17,20-27,31H2,3-5H3/t32-,36+,41-,42+,43+,46+/m0/s1. The monoisotopic (exact) mass is 849 g/mol. The number of allylic oxidation sites excluding steroid dienone is 1. The molecule has 15 heteroatoms. The fourth-order valence-corrected chi connectivity index (χ4v) is 8.72. The van der Waals surface area contributed by atoms with E-state index < -0.39 is 34.4 Å². The van der Waals surface area contributed by atoms with Gasteiger partial charge < -0.3 is 43.8 Å². The highest BCUT2D eigenvalue weighted by molar-refractivity contribution is 6.03. The minimum atomic E-state index is -1.54. The molecule has 15 nitrogen and oxygen atoms in total. The number of nitro benzene ring substituents is 1. The van der Waals surface area contributed by atoms with Crippen LogP contribution in [0.25, 0.3) is 0 Å². The van der Waals surface area contributed by atoms with Crippen LogP contribution in [-0.4, -0.2) is 107 Å². The smallest absolute Gasteiger partial charge is 0.410 e. The zero-order valence-corrected chi connectivity index (χ0v) is 35.7. The third kappa shape index (κ3) is 11.8. The molecule has 0 radical (unpaired) electrons. The molecule has 3 aliphatic rings. The molecule has 1 aliphatic heterocycles. The Kier molecular flexibility index (Phi) is 17.3. The summed E-state index contributed by atoms with van der Waals surface area (Å²) < 4.78 is 32.1. The minimum absolute atomic E-state index is 0.00543.